The standard InChI is InChI=1S/C29H35N5/c1-5-6-7-10-24-19-26(23(3)34-16-14-33(4)15-17-34)21-27(20-24)31-29-30-13-12-28(32-29)25-11-8-9-22(2)18-25/h6-9,11-13,18-21H,3,5,10,14-17H2,1-2,4H3,(H,30,31,32)/b7-6+. The molecule has 0 aliphatic carbocycles. The van der Waals surface area contributed by atoms with E-state index in [-0.39, 0.29) is 0 Å². The largest absolute Gasteiger partial charge is 0.369 e. The van der Waals surface area contributed by atoms with Crippen LogP contribution in [0.1, 0.15) is 30.0 Å². The van der Waals surface area contributed by atoms with Crippen molar-refractivity contribution >= 4 is 17.3 Å². The highest BCUT2D eigenvalue weighted by Gasteiger charge is 2.17. The Morgan fingerprint density at radius 3 is 2.65 bits per heavy atom. The zero-order chi connectivity index (χ0) is 23.9. The molecular formula is C29H35N5. The first kappa shape index (κ1) is 23.7. The topological polar surface area (TPSA) is 44.3 Å². The molecule has 1 aromatic heterocycles. The van der Waals surface area contributed by atoms with Gasteiger partial charge in [-0.3, -0.25) is 0 Å². The van der Waals surface area contributed by atoms with E-state index >= 15 is 0 Å². The molecular weight excluding hydrogens is 418 g/mol. The fraction of sp³-hybridized carbons (Fsp3) is 0.310. The smallest absolute Gasteiger partial charge is 0.227 e. The van der Waals surface area contributed by atoms with Crippen LogP contribution in [0, 0.1) is 6.92 Å². The molecule has 34 heavy (non-hydrogen) atoms. The maximum atomic E-state index is 4.78. The van der Waals surface area contributed by atoms with Crippen LogP contribution in [-0.2, 0) is 6.42 Å². The second-order valence-corrected chi connectivity index (χ2v) is 9.00. The van der Waals surface area contributed by atoms with E-state index in [1.165, 1.54) is 11.1 Å². The van der Waals surface area contributed by atoms with E-state index in [4.69, 9.17) is 4.98 Å². The minimum atomic E-state index is 0.594. The Bertz CT molecular complexity index is 1160. The van der Waals surface area contributed by atoms with Crippen molar-refractivity contribution in [3.63, 3.8) is 0 Å². The third-order valence-electron chi connectivity index (χ3n) is 6.19. The molecule has 0 saturated carbocycles. The number of aryl methyl sites for hydroxylation is 1. The lowest BCUT2D eigenvalue weighted by Gasteiger charge is -2.35. The van der Waals surface area contributed by atoms with Crippen LogP contribution in [0.25, 0.3) is 17.0 Å². The Kier molecular flexibility index (Phi) is 7.76. The van der Waals surface area contributed by atoms with E-state index in [1.54, 1.807) is 0 Å². The molecule has 0 bridgehead atoms. The van der Waals surface area contributed by atoms with Crippen LogP contribution in [0.4, 0.5) is 11.6 Å². The van der Waals surface area contributed by atoms with Gasteiger partial charge in [0.2, 0.25) is 5.95 Å². The zero-order valence-electron chi connectivity index (χ0n) is 20.6. The minimum absolute atomic E-state index is 0.594. The van der Waals surface area contributed by atoms with Crippen LogP contribution in [-0.4, -0.2) is 53.0 Å². The van der Waals surface area contributed by atoms with Crippen molar-refractivity contribution in [1.82, 2.24) is 19.8 Å². The molecule has 1 aliphatic rings. The van der Waals surface area contributed by atoms with Gasteiger partial charge in [0.05, 0.1) is 5.69 Å². The Balaban J connectivity index is 1.61. The lowest BCUT2D eigenvalue weighted by Crippen LogP contribution is -2.43. The highest BCUT2D eigenvalue weighted by atomic mass is 15.2. The second kappa shape index (κ2) is 11.1. The fourth-order valence-corrected chi connectivity index (χ4v) is 4.21. The van der Waals surface area contributed by atoms with Crippen molar-refractivity contribution in [1.29, 1.82) is 0 Å². The molecule has 0 unspecified atom stereocenters. The molecule has 0 amide bonds. The average molecular weight is 454 g/mol. The molecule has 2 heterocycles. The zero-order valence-corrected chi connectivity index (χ0v) is 20.6. The SMILES string of the molecule is C=C(c1cc(C/C=C/CC)cc(Nc2nccc(-c3cccc(C)c3)n2)c1)N1CCN(C)CC1. The molecule has 1 aliphatic heterocycles. The van der Waals surface area contributed by atoms with Gasteiger partial charge in [-0.1, -0.05) is 49.4 Å². The number of hydrogen-bond acceptors (Lipinski definition) is 5. The predicted molar refractivity (Wildman–Crippen MR) is 143 cm³/mol. The number of piperazine rings is 1. The van der Waals surface area contributed by atoms with Gasteiger partial charge in [0.15, 0.2) is 0 Å². The molecule has 1 fully saturated rings. The molecule has 0 atom stereocenters. The molecule has 5 heteroatoms. The summed E-state index contributed by atoms with van der Waals surface area (Å²) in [7, 11) is 2.17. The number of anilines is 2. The molecule has 3 aromatic rings. The van der Waals surface area contributed by atoms with Gasteiger partial charge in [-0.25, -0.2) is 9.97 Å². The Labute approximate surface area is 203 Å². The first-order valence-electron chi connectivity index (χ1n) is 12.1. The summed E-state index contributed by atoms with van der Waals surface area (Å²) in [4.78, 5) is 14.0. The molecule has 4 rings (SSSR count). The van der Waals surface area contributed by atoms with Gasteiger partial charge in [0.1, 0.15) is 0 Å². The molecule has 0 spiro atoms. The van der Waals surface area contributed by atoms with Crippen molar-refractivity contribution in [3.05, 3.63) is 90.1 Å². The maximum absolute atomic E-state index is 4.78. The summed E-state index contributed by atoms with van der Waals surface area (Å²) in [5, 5.41) is 3.45. The summed E-state index contributed by atoms with van der Waals surface area (Å²) in [5.41, 5.74) is 7.66. The predicted octanol–water partition coefficient (Wildman–Crippen LogP) is 5.92. The van der Waals surface area contributed by atoms with Crippen molar-refractivity contribution < 1.29 is 0 Å². The van der Waals surface area contributed by atoms with Crippen molar-refractivity contribution in [2.24, 2.45) is 0 Å². The van der Waals surface area contributed by atoms with Crippen LogP contribution in [0.2, 0.25) is 0 Å². The van der Waals surface area contributed by atoms with E-state index in [1.807, 2.05) is 12.3 Å². The van der Waals surface area contributed by atoms with Crippen LogP contribution < -0.4 is 5.32 Å². The second-order valence-electron chi connectivity index (χ2n) is 9.00. The van der Waals surface area contributed by atoms with E-state index < -0.39 is 0 Å². The summed E-state index contributed by atoms with van der Waals surface area (Å²) >= 11 is 0. The number of likely N-dealkylation sites (N-methyl/N-ethyl adjacent to an activating group) is 1. The lowest BCUT2D eigenvalue weighted by molar-refractivity contribution is 0.207. The Morgan fingerprint density at radius 1 is 1.06 bits per heavy atom. The highest BCUT2D eigenvalue weighted by molar-refractivity contribution is 5.70. The monoisotopic (exact) mass is 453 g/mol. The summed E-state index contributed by atoms with van der Waals surface area (Å²) in [6.45, 7) is 12.8. The van der Waals surface area contributed by atoms with Crippen LogP contribution in [0.5, 0.6) is 0 Å². The van der Waals surface area contributed by atoms with Gasteiger partial charge in [0, 0.05) is 49.3 Å². The third kappa shape index (κ3) is 6.12. The minimum Gasteiger partial charge on any atom is -0.369 e. The number of benzene rings is 2. The first-order valence-corrected chi connectivity index (χ1v) is 12.1. The van der Waals surface area contributed by atoms with Crippen molar-refractivity contribution in [3.8, 4) is 11.3 Å². The van der Waals surface area contributed by atoms with Gasteiger partial charge in [-0.15, -0.1) is 0 Å². The van der Waals surface area contributed by atoms with Crippen LogP contribution in [0.15, 0.2) is 73.5 Å². The van der Waals surface area contributed by atoms with Crippen molar-refractivity contribution in [2.75, 3.05) is 38.5 Å². The summed E-state index contributed by atoms with van der Waals surface area (Å²) in [6.07, 6.45) is 8.18. The molecule has 176 valence electrons. The molecule has 2 aromatic carbocycles. The molecule has 5 nitrogen and oxygen atoms in total. The van der Waals surface area contributed by atoms with Gasteiger partial charge in [-0.2, -0.15) is 0 Å². The number of nitrogens with zero attached hydrogens (tertiary/aromatic N) is 4. The fourth-order valence-electron chi connectivity index (χ4n) is 4.21. The van der Waals surface area contributed by atoms with Gasteiger partial charge < -0.3 is 15.1 Å². The van der Waals surface area contributed by atoms with E-state index in [0.29, 0.717) is 5.95 Å². The van der Waals surface area contributed by atoms with E-state index in [0.717, 1.165) is 67.2 Å². The van der Waals surface area contributed by atoms with E-state index in [2.05, 4.69) is 102 Å². The molecule has 1 saturated heterocycles. The number of nitrogens with one attached hydrogen (secondary N) is 1. The van der Waals surface area contributed by atoms with E-state index in [9.17, 15) is 0 Å². The van der Waals surface area contributed by atoms with Gasteiger partial charge >= 0.3 is 0 Å². The number of hydrogen-bond donors (Lipinski definition) is 1. The third-order valence-corrected chi connectivity index (χ3v) is 6.19. The number of allylic oxidation sites excluding steroid dienone is 2. The quantitative estimate of drug-likeness (QED) is 0.429. The van der Waals surface area contributed by atoms with Crippen LogP contribution >= 0.6 is 0 Å². The highest BCUT2D eigenvalue weighted by Crippen LogP contribution is 2.27. The first-order chi connectivity index (χ1) is 16.5. The average Bonchev–Trinajstić information content (AvgIpc) is 2.84. The molecule has 1 N–H and O–H groups in total. The normalized spacial score (nSPS) is 14.5. The Morgan fingerprint density at radius 2 is 1.88 bits per heavy atom. The Hall–Kier alpha value is -3.44. The maximum Gasteiger partial charge on any atom is 0.227 e. The van der Waals surface area contributed by atoms with Crippen molar-refractivity contribution in [2.45, 2.75) is 26.7 Å². The van der Waals surface area contributed by atoms with Gasteiger partial charge in [-0.05, 0) is 68.3 Å². The lowest BCUT2D eigenvalue weighted by atomic mass is 10.0. The van der Waals surface area contributed by atoms with Crippen LogP contribution in [0.3, 0.4) is 0 Å². The number of aromatic nitrogens is 2. The summed E-state index contributed by atoms with van der Waals surface area (Å²) < 4.78 is 0. The van der Waals surface area contributed by atoms with Gasteiger partial charge in [0.25, 0.3) is 0 Å². The number of rotatable bonds is 8. The summed E-state index contributed by atoms with van der Waals surface area (Å²) in [6, 6.07) is 16.9. The summed E-state index contributed by atoms with van der Waals surface area (Å²) in [5.74, 6) is 0.594. The molecule has 0 radical (unpaired) electrons.